The number of carbonyl (C=O) groups is 1. The number of halogens is 1. The van der Waals surface area contributed by atoms with Gasteiger partial charge in [0.1, 0.15) is 36.5 Å². The maximum atomic E-state index is 14.8. The molecule has 1 aromatic heterocycles. The van der Waals surface area contributed by atoms with Gasteiger partial charge in [-0.3, -0.25) is 4.68 Å². The second kappa shape index (κ2) is 14.3. The summed E-state index contributed by atoms with van der Waals surface area (Å²) in [6.07, 6.45) is -4.76. The highest BCUT2D eigenvalue weighted by Crippen LogP contribution is 2.35. The van der Waals surface area contributed by atoms with Crippen molar-refractivity contribution in [2.45, 2.75) is 96.2 Å². The molecule has 2 aromatic rings. The zero-order valence-corrected chi connectivity index (χ0v) is 24.1. The van der Waals surface area contributed by atoms with Gasteiger partial charge in [0.15, 0.2) is 6.10 Å². The van der Waals surface area contributed by atoms with Gasteiger partial charge in [0.2, 0.25) is 5.88 Å². The number of benzene rings is 1. The van der Waals surface area contributed by atoms with Gasteiger partial charge in [-0.25, -0.2) is 9.18 Å². The SMILES string of the molecule is CCCCCCOC(=O)OC[C@H]1O[C@](O)(Oc2nn(C(C)C)c(C)c2Cc2ccc(OC)cc2F)[C@H](O)[C@@H](O)[C@@H]1O. The molecule has 0 aliphatic carbocycles. The van der Waals surface area contributed by atoms with Crippen LogP contribution in [-0.2, 0) is 20.6 Å². The van der Waals surface area contributed by atoms with E-state index in [9.17, 15) is 29.6 Å². The van der Waals surface area contributed by atoms with E-state index >= 15 is 0 Å². The summed E-state index contributed by atoms with van der Waals surface area (Å²) in [5, 5.41) is 47.1. The summed E-state index contributed by atoms with van der Waals surface area (Å²) in [4.78, 5) is 12.0. The minimum absolute atomic E-state index is 0.00228. The number of methoxy groups -OCH3 is 1. The van der Waals surface area contributed by atoms with E-state index in [1.807, 2.05) is 13.8 Å². The molecular formula is C28H41FN2O10. The number of hydrogen-bond acceptors (Lipinski definition) is 11. The van der Waals surface area contributed by atoms with Crippen LogP contribution in [0.2, 0.25) is 0 Å². The molecule has 1 fully saturated rings. The Morgan fingerprint density at radius 2 is 1.90 bits per heavy atom. The topological polar surface area (TPSA) is 162 Å². The van der Waals surface area contributed by atoms with Crippen molar-refractivity contribution in [1.82, 2.24) is 9.78 Å². The lowest BCUT2D eigenvalue weighted by Gasteiger charge is -2.44. The number of aromatic nitrogens is 2. The Morgan fingerprint density at radius 3 is 2.54 bits per heavy atom. The molecule has 0 saturated carbocycles. The van der Waals surface area contributed by atoms with E-state index in [2.05, 4.69) is 12.0 Å². The lowest BCUT2D eigenvalue weighted by Crippen LogP contribution is -2.67. The molecule has 0 amide bonds. The summed E-state index contributed by atoms with van der Waals surface area (Å²) < 4.78 is 42.6. The molecule has 5 atom stereocenters. The average Bonchev–Trinajstić information content (AvgIpc) is 3.24. The summed E-state index contributed by atoms with van der Waals surface area (Å²) in [6.45, 7) is 7.04. The highest BCUT2D eigenvalue weighted by Gasteiger charge is 2.56. The Hall–Kier alpha value is -2.97. The molecule has 1 aliphatic rings. The van der Waals surface area contributed by atoms with Gasteiger partial charge < -0.3 is 44.1 Å². The zero-order valence-electron chi connectivity index (χ0n) is 24.1. The van der Waals surface area contributed by atoms with Crippen molar-refractivity contribution in [3.63, 3.8) is 0 Å². The molecule has 0 bridgehead atoms. The van der Waals surface area contributed by atoms with Gasteiger partial charge in [0, 0.05) is 29.8 Å². The van der Waals surface area contributed by atoms with Crippen molar-refractivity contribution in [1.29, 1.82) is 0 Å². The predicted octanol–water partition coefficient (Wildman–Crippen LogP) is 2.75. The average molecular weight is 585 g/mol. The second-order valence-corrected chi connectivity index (χ2v) is 10.3. The third-order valence-electron chi connectivity index (χ3n) is 6.93. The molecule has 4 N–H and O–H groups in total. The molecule has 230 valence electrons. The Kier molecular flexibility index (Phi) is 11.3. The normalized spacial score (nSPS) is 24.4. The molecule has 12 nitrogen and oxygen atoms in total. The molecule has 13 heteroatoms. The fraction of sp³-hybridized carbons (Fsp3) is 0.643. The Bertz CT molecular complexity index is 1160. The van der Waals surface area contributed by atoms with Gasteiger partial charge in [0.05, 0.1) is 13.7 Å². The second-order valence-electron chi connectivity index (χ2n) is 10.3. The first kappa shape index (κ1) is 32.5. The van der Waals surface area contributed by atoms with E-state index in [4.69, 9.17) is 23.7 Å². The number of carbonyl (C=O) groups excluding carboxylic acids is 1. The molecule has 1 aromatic carbocycles. The van der Waals surface area contributed by atoms with Crippen LogP contribution in [0.5, 0.6) is 11.6 Å². The van der Waals surface area contributed by atoms with Gasteiger partial charge in [-0.05, 0) is 38.8 Å². The first-order valence-electron chi connectivity index (χ1n) is 13.7. The van der Waals surface area contributed by atoms with Crippen molar-refractivity contribution >= 4 is 6.16 Å². The van der Waals surface area contributed by atoms with Crippen LogP contribution in [-0.4, -0.2) is 87.1 Å². The summed E-state index contributed by atoms with van der Waals surface area (Å²) in [5.41, 5.74) is 1.27. The molecule has 41 heavy (non-hydrogen) atoms. The molecule has 2 heterocycles. The number of aliphatic hydroxyl groups excluding tert-OH is 3. The van der Waals surface area contributed by atoms with Crippen molar-refractivity contribution < 1.29 is 53.3 Å². The zero-order chi connectivity index (χ0) is 30.3. The fourth-order valence-corrected chi connectivity index (χ4v) is 4.51. The number of ether oxygens (including phenoxy) is 5. The molecule has 1 saturated heterocycles. The summed E-state index contributed by atoms with van der Waals surface area (Å²) in [5.74, 6) is -3.30. The highest BCUT2D eigenvalue weighted by atomic mass is 19.1. The van der Waals surface area contributed by atoms with Gasteiger partial charge >= 0.3 is 12.1 Å². The van der Waals surface area contributed by atoms with E-state index in [-0.39, 0.29) is 30.5 Å². The largest absolute Gasteiger partial charge is 0.508 e. The van der Waals surface area contributed by atoms with Crippen LogP contribution >= 0.6 is 0 Å². The third kappa shape index (κ3) is 7.86. The number of aliphatic hydroxyl groups is 4. The van der Waals surface area contributed by atoms with Gasteiger partial charge in [-0.2, -0.15) is 0 Å². The predicted molar refractivity (Wildman–Crippen MR) is 143 cm³/mol. The molecule has 0 radical (unpaired) electrons. The monoisotopic (exact) mass is 584 g/mol. The van der Waals surface area contributed by atoms with E-state index in [1.165, 1.54) is 13.2 Å². The minimum atomic E-state index is -2.91. The highest BCUT2D eigenvalue weighted by molar-refractivity contribution is 5.59. The third-order valence-corrected chi connectivity index (χ3v) is 6.93. The van der Waals surface area contributed by atoms with Crippen molar-refractivity contribution in [3.05, 3.63) is 40.8 Å². The van der Waals surface area contributed by atoms with Crippen molar-refractivity contribution in [2.24, 2.45) is 0 Å². The number of nitrogens with zero attached hydrogens (tertiary/aromatic N) is 2. The first-order valence-corrected chi connectivity index (χ1v) is 13.7. The van der Waals surface area contributed by atoms with Crippen LogP contribution in [0, 0.1) is 12.7 Å². The maximum absolute atomic E-state index is 14.8. The molecule has 0 spiro atoms. The Balaban J connectivity index is 1.80. The van der Waals surface area contributed by atoms with Crippen LogP contribution < -0.4 is 9.47 Å². The molecule has 3 rings (SSSR count). The first-order chi connectivity index (χ1) is 19.4. The molecule has 1 aliphatic heterocycles. The Morgan fingerprint density at radius 1 is 1.17 bits per heavy atom. The van der Waals surface area contributed by atoms with E-state index in [1.54, 1.807) is 23.7 Å². The van der Waals surface area contributed by atoms with Crippen LogP contribution in [0.4, 0.5) is 9.18 Å². The van der Waals surface area contributed by atoms with Crippen molar-refractivity contribution in [2.75, 3.05) is 20.3 Å². The molecule has 0 unspecified atom stereocenters. The number of rotatable bonds is 13. The number of hydrogen-bond donors (Lipinski definition) is 4. The number of unbranched alkanes of at least 4 members (excludes halogenated alkanes) is 3. The Labute approximate surface area is 238 Å². The minimum Gasteiger partial charge on any atom is -0.497 e. The summed E-state index contributed by atoms with van der Waals surface area (Å²) in [7, 11) is 1.43. The maximum Gasteiger partial charge on any atom is 0.508 e. The summed E-state index contributed by atoms with van der Waals surface area (Å²) >= 11 is 0. The van der Waals surface area contributed by atoms with E-state index < -0.39 is 49.0 Å². The van der Waals surface area contributed by atoms with Gasteiger partial charge in [-0.1, -0.05) is 32.3 Å². The quantitative estimate of drug-likeness (QED) is 0.156. The smallest absolute Gasteiger partial charge is 0.497 e. The van der Waals surface area contributed by atoms with Crippen LogP contribution in [0.3, 0.4) is 0 Å². The standard InChI is InChI=1S/C28H41FN2O10/c1-6-7-8-9-12-38-27(35)39-15-22-23(32)24(33)25(34)28(36,40-22)41-26-20(17(4)31(30-26)16(2)3)13-18-10-11-19(37-5)14-21(18)29/h10-11,14,16,22-25,32-34,36H,6-9,12-13,15H2,1-5H3/t22-,23-,24+,25-,28+/m1/s1. The van der Waals surface area contributed by atoms with E-state index in [0.29, 0.717) is 23.4 Å². The van der Waals surface area contributed by atoms with Crippen LogP contribution in [0.15, 0.2) is 18.2 Å². The fourth-order valence-electron chi connectivity index (χ4n) is 4.51. The molecular weight excluding hydrogens is 543 g/mol. The lowest BCUT2D eigenvalue weighted by molar-refractivity contribution is -0.423. The van der Waals surface area contributed by atoms with Gasteiger partial charge in [-0.15, -0.1) is 5.10 Å². The van der Waals surface area contributed by atoms with Crippen LogP contribution in [0.25, 0.3) is 0 Å². The van der Waals surface area contributed by atoms with E-state index in [0.717, 1.165) is 19.3 Å². The van der Waals surface area contributed by atoms with Crippen molar-refractivity contribution in [3.8, 4) is 11.6 Å². The lowest BCUT2D eigenvalue weighted by atomic mass is 9.97. The van der Waals surface area contributed by atoms with Crippen LogP contribution in [0.1, 0.15) is 69.3 Å². The summed E-state index contributed by atoms with van der Waals surface area (Å²) in [6, 6.07) is 4.22. The van der Waals surface area contributed by atoms with Gasteiger partial charge in [0.25, 0.3) is 0 Å².